The Bertz CT molecular complexity index is 720. The van der Waals surface area contributed by atoms with Crippen molar-refractivity contribution in [1.82, 2.24) is 15.2 Å². The Labute approximate surface area is 135 Å². The van der Waals surface area contributed by atoms with Gasteiger partial charge in [-0.2, -0.15) is 0 Å². The lowest BCUT2D eigenvalue weighted by Crippen LogP contribution is -2.46. The third kappa shape index (κ3) is 2.94. The molecule has 0 atom stereocenters. The highest BCUT2D eigenvalue weighted by molar-refractivity contribution is 9.10. The summed E-state index contributed by atoms with van der Waals surface area (Å²) in [7, 11) is 0. The molecule has 0 saturated carbocycles. The lowest BCUT2D eigenvalue weighted by Gasteiger charge is -2.30. The van der Waals surface area contributed by atoms with E-state index in [1.807, 2.05) is 24.3 Å². The number of carboxylic acid groups (broad SMARTS) is 1. The molecule has 1 aliphatic rings. The normalized spacial score (nSPS) is 16.0. The van der Waals surface area contributed by atoms with Crippen molar-refractivity contribution in [2.45, 2.75) is 18.9 Å². The van der Waals surface area contributed by atoms with Crippen LogP contribution in [0.3, 0.4) is 0 Å². The molecule has 1 aromatic heterocycles. The van der Waals surface area contributed by atoms with E-state index in [4.69, 9.17) is 5.11 Å². The summed E-state index contributed by atoms with van der Waals surface area (Å²) in [5.74, 6) is -0.156. The summed E-state index contributed by atoms with van der Waals surface area (Å²) in [6, 6.07) is 7.59. The monoisotopic (exact) mass is 365 g/mol. The van der Waals surface area contributed by atoms with Gasteiger partial charge in [0.15, 0.2) is 0 Å². The Kier molecular flexibility index (Phi) is 4.06. The zero-order valence-electron chi connectivity index (χ0n) is 11.8. The molecule has 7 heteroatoms. The molecule has 3 N–H and O–H groups in total. The first-order valence-corrected chi connectivity index (χ1v) is 7.90. The summed E-state index contributed by atoms with van der Waals surface area (Å²) in [4.78, 5) is 27.7. The molecular weight excluding hydrogens is 350 g/mol. The highest BCUT2D eigenvalue weighted by Crippen LogP contribution is 2.24. The topological polar surface area (TPSA) is 85.4 Å². The Morgan fingerprint density at radius 2 is 2.05 bits per heavy atom. The maximum absolute atomic E-state index is 12.3. The number of hydrogen-bond acceptors (Lipinski definition) is 2. The van der Waals surface area contributed by atoms with Crippen molar-refractivity contribution in [3.63, 3.8) is 0 Å². The summed E-state index contributed by atoms with van der Waals surface area (Å²) >= 11 is 3.47. The maximum atomic E-state index is 12.3. The number of rotatable bonds is 2. The number of carbonyl (C=O) groups excluding carboxylic acids is 1. The fraction of sp³-hybridized carbons (Fsp3) is 0.333. The lowest BCUT2D eigenvalue weighted by molar-refractivity contribution is 0.0903. The summed E-state index contributed by atoms with van der Waals surface area (Å²) in [6.45, 7) is 0.914. The molecular formula is C15H16BrN3O3. The van der Waals surface area contributed by atoms with E-state index in [1.54, 1.807) is 0 Å². The van der Waals surface area contributed by atoms with E-state index < -0.39 is 6.09 Å². The van der Waals surface area contributed by atoms with Gasteiger partial charge >= 0.3 is 6.09 Å². The van der Waals surface area contributed by atoms with Crippen LogP contribution in [0.2, 0.25) is 0 Å². The van der Waals surface area contributed by atoms with Crippen LogP contribution in [0, 0.1) is 0 Å². The molecule has 1 aliphatic heterocycles. The zero-order valence-corrected chi connectivity index (χ0v) is 13.4. The van der Waals surface area contributed by atoms with Gasteiger partial charge in [0.1, 0.15) is 5.69 Å². The minimum Gasteiger partial charge on any atom is -0.465 e. The molecule has 1 saturated heterocycles. The van der Waals surface area contributed by atoms with E-state index in [0.29, 0.717) is 31.6 Å². The van der Waals surface area contributed by atoms with Crippen molar-refractivity contribution in [2.75, 3.05) is 13.1 Å². The molecule has 22 heavy (non-hydrogen) atoms. The van der Waals surface area contributed by atoms with Gasteiger partial charge < -0.3 is 20.3 Å². The van der Waals surface area contributed by atoms with E-state index in [2.05, 4.69) is 26.2 Å². The summed E-state index contributed by atoms with van der Waals surface area (Å²) in [5, 5.41) is 12.9. The molecule has 6 nitrogen and oxygen atoms in total. The van der Waals surface area contributed by atoms with Gasteiger partial charge in [0.2, 0.25) is 0 Å². The number of likely N-dealkylation sites (tertiary alicyclic amines) is 1. The van der Waals surface area contributed by atoms with Gasteiger partial charge in [-0.3, -0.25) is 4.79 Å². The quantitative estimate of drug-likeness (QED) is 0.764. The average Bonchev–Trinajstić information content (AvgIpc) is 2.93. The fourth-order valence-electron chi connectivity index (χ4n) is 2.72. The summed E-state index contributed by atoms with van der Waals surface area (Å²) in [5.41, 5.74) is 1.42. The van der Waals surface area contributed by atoms with E-state index in [-0.39, 0.29) is 11.9 Å². The van der Waals surface area contributed by atoms with Gasteiger partial charge in [-0.05, 0) is 31.0 Å². The van der Waals surface area contributed by atoms with E-state index in [0.717, 1.165) is 15.4 Å². The van der Waals surface area contributed by atoms with Crippen LogP contribution in [-0.2, 0) is 0 Å². The molecule has 3 rings (SSSR count). The lowest BCUT2D eigenvalue weighted by atomic mass is 10.1. The number of fused-ring (bicyclic) bond motifs is 1. The smallest absolute Gasteiger partial charge is 0.407 e. The number of aromatic nitrogens is 1. The van der Waals surface area contributed by atoms with Crippen molar-refractivity contribution in [1.29, 1.82) is 0 Å². The Hall–Kier alpha value is -2.02. The Balaban J connectivity index is 1.67. The predicted octanol–water partition coefficient (Wildman–Crippen LogP) is 2.80. The van der Waals surface area contributed by atoms with Crippen LogP contribution >= 0.6 is 15.9 Å². The SMILES string of the molecule is O=C(NC1CCN(C(=O)O)CC1)c1cc2c(Br)cccc2[nH]1. The second kappa shape index (κ2) is 6.00. The number of hydrogen-bond donors (Lipinski definition) is 3. The van der Waals surface area contributed by atoms with Crippen molar-refractivity contribution >= 4 is 38.8 Å². The molecule has 1 fully saturated rings. The van der Waals surface area contributed by atoms with Crippen molar-refractivity contribution in [3.8, 4) is 0 Å². The molecule has 0 bridgehead atoms. The number of piperidine rings is 1. The standard InChI is InChI=1S/C15H16BrN3O3/c16-11-2-1-3-12-10(11)8-13(18-12)14(20)17-9-4-6-19(7-5-9)15(21)22/h1-3,8-9,18H,4-7H2,(H,17,20)(H,21,22). The number of nitrogens with zero attached hydrogens (tertiary/aromatic N) is 1. The van der Waals surface area contributed by atoms with Crippen molar-refractivity contribution in [3.05, 3.63) is 34.4 Å². The third-order valence-electron chi connectivity index (χ3n) is 3.96. The summed E-state index contributed by atoms with van der Waals surface area (Å²) in [6.07, 6.45) is 0.384. The van der Waals surface area contributed by atoms with Gasteiger partial charge in [-0.1, -0.05) is 22.0 Å². The average molecular weight is 366 g/mol. The van der Waals surface area contributed by atoms with Gasteiger partial charge in [0.05, 0.1) is 0 Å². The first-order chi connectivity index (χ1) is 10.5. The van der Waals surface area contributed by atoms with E-state index in [9.17, 15) is 9.59 Å². The van der Waals surface area contributed by atoms with Gasteiger partial charge in [-0.25, -0.2) is 4.79 Å². The van der Waals surface area contributed by atoms with Crippen molar-refractivity contribution in [2.24, 2.45) is 0 Å². The van der Waals surface area contributed by atoms with Crippen molar-refractivity contribution < 1.29 is 14.7 Å². The zero-order chi connectivity index (χ0) is 15.7. The van der Waals surface area contributed by atoms with Crippen LogP contribution < -0.4 is 5.32 Å². The number of H-pyrrole nitrogens is 1. The number of nitrogens with one attached hydrogen (secondary N) is 2. The number of amides is 2. The molecule has 0 spiro atoms. The van der Waals surface area contributed by atoms with Crippen LogP contribution in [0.4, 0.5) is 4.79 Å². The van der Waals surface area contributed by atoms with Crippen LogP contribution in [0.25, 0.3) is 10.9 Å². The van der Waals surface area contributed by atoms with Crippen LogP contribution in [0.1, 0.15) is 23.3 Å². The third-order valence-corrected chi connectivity index (χ3v) is 4.65. The molecule has 0 unspecified atom stereocenters. The second-order valence-electron chi connectivity index (χ2n) is 5.40. The predicted molar refractivity (Wildman–Crippen MR) is 86.1 cm³/mol. The van der Waals surface area contributed by atoms with Crippen LogP contribution in [-0.4, -0.2) is 46.1 Å². The number of carbonyl (C=O) groups is 2. The Morgan fingerprint density at radius 1 is 1.32 bits per heavy atom. The largest absolute Gasteiger partial charge is 0.465 e. The van der Waals surface area contributed by atoms with Crippen LogP contribution in [0.15, 0.2) is 28.7 Å². The number of halogens is 1. The fourth-order valence-corrected chi connectivity index (χ4v) is 3.20. The van der Waals surface area contributed by atoms with Gasteiger partial charge in [0.25, 0.3) is 5.91 Å². The first-order valence-electron chi connectivity index (χ1n) is 7.10. The number of aromatic amines is 1. The van der Waals surface area contributed by atoms with Gasteiger partial charge in [-0.15, -0.1) is 0 Å². The molecule has 2 amide bonds. The molecule has 116 valence electrons. The molecule has 0 aliphatic carbocycles. The maximum Gasteiger partial charge on any atom is 0.407 e. The number of benzene rings is 1. The molecule has 0 radical (unpaired) electrons. The molecule has 1 aromatic carbocycles. The van der Waals surface area contributed by atoms with E-state index in [1.165, 1.54) is 4.90 Å². The Morgan fingerprint density at radius 3 is 2.68 bits per heavy atom. The highest BCUT2D eigenvalue weighted by Gasteiger charge is 2.24. The van der Waals surface area contributed by atoms with Crippen LogP contribution in [0.5, 0.6) is 0 Å². The first kappa shape index (κ1) is 14.9. The second-order valence-corrected chi connectivity index (χ2v) is 6.26. The highest BCUT2D eigenvalue weighted by atomic mass is 79.9. The van der Waals surface area contributed by atoms with E-state index >= 15 is 0 Å². The molecule has 2 heterocycles. The summed E-state index contributed by atoms with van der Waals surface area (Å²) < 4.78 is 0.940. The molecule has 2 aromatic rings. The van der Waals surface area contributed by atoms with Gasteiger partial charge in [0, 0.05) is 34.5 Å². The minimum absolute atomic E-state index is 0.0120. The minimum atomic E-state index is -0.898.